The lowest BCUT2D eigenvalue weighted by Crippen LogP contribution is -2.59. The number of aliphatic carboxylic acids is 1. The summed E-state index contributed by atoms with van der Waals surface area (Å²) < 4.78 is 0. The zero-order chi connectivity index (χ0) is 22.0. The number of carboxylic acids is 1. The molecule has 0 aromatic rings. The Labute approximate surface area is 172 Å². The van der Waals surface area contributed by atoms with E-state index in [-0.39, 0.29) is 17.6 Å². The molecule has 0 aromatic heterocycles. The van der Waals surface area contributed by atoms with Crippen molar-refractivity contribution in [3.8, 4) is 0 Å². The molecular formula is C18H34N4O5S. The molecule has 9 nitrogen and oxygen atoms in total. The van der Waals surface area contributed by atoms with Crippen LogP contribution >= 0.6 is 12.6 Å². The zero-order valence-electron chi connectivity index (χ0n) is 17.2. The van der Waals surface area contributed by atoms with Gasteiger partial charge in [-0.3, -0.25) is 19.2 Å². The van der Waals surface area contributed by atoms with Crippen LogP contribution in [0.3, 0.4) is 0 Å². The van der Waals surface area contributed by atoms with E-state index < -0.39 is 47.9 Å². The minimum absolute atomic E-state index is 0.0298. The van der Waals surface area contributed by atoms with Crippen LogP contribution in [0.25, 0.3) is 0 Å². The summed E-state index contributed by atoms with van der Waals surface area (Å²) >= 11 is 4.06. The molecule has 0 bridgehead atoms. The summed E-state index contributed by atoms with van der Waals surface area (Å²) in [4.78, 5) is 48.1. The second-order valence-electron chi connectivity index (χ2n) is 7.42. The number of hydrogen-bond acceptors (Lipinski definition) is 6. The lowest BCUT2D eigenvalue weighted by Gasteiger charge is -2.27. The van der Waals surface area contributed by atoms with E-state index in [0.29, 0.717) is 12.8 Å². The average Bonchev–Trinajstić information content (AvgIpc) is 2.61. The van der Waals surface area contributed by atoms with Crippen molar-refractivity contribution in [1.29, 1.82) is 0 Å². The van der Waals surface area contributed by atoms with E-state index in [4.69, 9.17) is 10.8 Å². The molecule has 0 radical (unpaired) electrons. The summed E-state index contributed by atoms with van der Waals surface area (Å²) in [5.74, 6) is -2.83. The Kier molecular flexibility index (Phi) is 11.8. The number of rotatable bonds is 12. The molecule has 0 aliphatic carbocycles. The fourth-order valence-corrected chi connectivity index (χ4v) is 2.67. The van der Waals surface area contributed by atoms with Crippen LogP contribution in [-0.4, -0.2) is 58.7 Å². The van der Waals surface area contributed by atoms with Crippen molar-refractivity contribution in [1.82, 2.24) is 16.0 Å². The number of hydrogen-bond donors (Lipinski definition) is 6. The number of nitrogens with one attached hydrogen (secondary N) is 3. The Morgan fingerprint density at radius 2 is 1.54 bits per heavy atom. The standard InChI is InChI=1S/C18H34N4O5S/c1-6-10(4)14(22-15(23)12(19)7-9(2)3)17(25)21-13(8-28)16(24)20-11(5)18(26)27/h9-14,28H,6-8,19H2,1-5H3,(H,20,24)(H,21,25)(H,22,23)(H,26,27). The zero-order valence-corrected chi connectivity index (χ0v) is 18.1. The van der Waals surface area contributed by atoms with Crippen molar-refractivity contribution in [2.45, 2.75) is 71.6 Å². The number of carboxylic acid groups (broad SMARTS) is 1. The number of nitrogens with two attached hydrogens (primary N) is 1. The highest BCUT2D eigenvalue weighted by atomic mass is 32.1. The van der Waals surface area contributed by atoms with Gasteiger partial charge < -0.3 is 26.8 Å². The Morgan fingerprint density at radius 1 is 0.964 bits per heavy atom. The molecule has 0 aliphatic rings. The SMILES string of the molecule is CCC(C)C(NC(=O)C(N)CC(C)C)C(=O)NC(CS)C(=O)NC(C)C(=O)O. The third-order valence-electron chi connectivity index (χ3n) is 4.40. The highest BCUT2D eigenvalue weighted by Gasteiger charge is 2.31. The summed E-state index contributed by atoms with van der Waals surface area (Å²) in [7, 11) is 0. The maximum Gasteiger partial charge on any atom is 0.325 e. The first kappa shape index (κ1) is 26.2. The van der Waals surface area contributed by atoms with Crippen LogP contribution in [-0.2, 0) is 19.2 Å². The monoisotopic (exact) mass is 418 g/mol. The van der Waals surface area contributed by atoms with Gasteiger partial charge in [0.1, 0.15) is 18.1 Å². The molecular weight excluding hydrogens is 384 g/mol. The van der Waals surface area contributed by atoms with Gasteiger partial charge in [-0.1, -0.05) is 34.1 Å². The van der Waals surface area contributed by atoms with E-state index in [1.165, 1.54) is 6.92 Å². The molecule has 162 valence electrons. The van der Waals surface area contributed by atoms with Gasteiger partial charge in [-0.2, -0.15) is 12.6 Å². The van der Waals surface area contributed by atoms with E-state index >= 15 is 0 Å². The summed E-state index contributed by atoms with van der Waals surface area (Å²) in [5, 5.41) is 16.4. The summed E-state index contributed by atoms with van der Waals surface area (Å²) in [5.41, 5.74) is 5.89. The number of carbonyl (C=O) groups is 4. The van der Waals surface area contributed by atoms with Crippen LogP contribution in [0.1, 0.15) is 47.5 Å². The fraction of sp³-hybridized carbons (Fsp3) is 0.778. The Hall–Kier alpha value is -1.81. The number of amides is 3. The first-order valence-corrected chi connectivity index (χ1v) is 10.1. The summed E-state index contributed by atoms with van der Waals surface area (Å²) in [6, 6.07) is -3.75. The normalized spacial score (nSPS) is 16.4. The molecule has 0 fully saturated rings. The second kappa shape index (κ2) is 12.6. The van der Waals surface area contributed by atoms with Crippen LogP contribution in [0.4, 0.5) is 0 Å². The first-order chi connectivity index (χ1) is 12.9. The van der Waals surface area contributed by atoms with Crippen LogP contribution in [0.5, 0.6) is 0 Å². The predicted molar refractivity (Wildman–Crippen MR) is 110 cm³/mol. The lowest BCUT2D eigenvalue weighted by molar-refractivity contribution is -0.141. The molecule has 5 unspecified atom stereocenters. The minimum atomic E-state index is -1.19. The van der Waals surface area contributed by atoms with Crippen LogP contribution in [0.2, 0.25) is 0 Å². The molecule has 6 N–H and O–H groups in total. The largest absolute Gasteiger partial charge is 0.480 e. The fourth-order valence-electron chi connectivity index (χ4n) is 2.41. The van der Waals surface area contributed by atoms with Gasteiger partial charge in [0.2, 0.25) is 17.7 Å². The lowest BCUT2D eigenvalue weighted by atomic mass is 9.96. The van der Waals surface area contributed by atoms with E-state index in [0.717, 1.165) is 0 Å². The molecule has 10 heteroatoms. The van der Waals surface area contributed by atoms with E-state index in [9.17, 15) is 19.2 Å². The van der Waals surface area contributed by atoms with Crippen molar-refractivity contribution < 1.29 is 24.3 Å². The third-order valence-corrected chi connectivity index (χ3v) is 4.77. The van der Waals surface area contributed by atoms with Gasteiger partial charge in [0.05, 0.1) is 6.04 Å². The van der Waals surface area contributed by atoms with E-state index in [1.807, 2.05) is 20.8 Å². The molecule has 0 saturated carbocycles. The van der Waals surface area contributed by atoms with Crippen molar-refractivity contribution in [3.63, 3.8) is 0 Å². The van der Waals surface area contributed by atoms with Crippen LogP contribution < -0.4 is 21.7 Å². The van der Waals surface area contributed by atoms with Gasteiger partial charge in [0, 0.05) is 5.75 Å². The van der Waals surface area contributed by atoms with Crippen molar-refractivity contribution in [2.24, 2.45) is 17.6 Å². The molecule has 0 spiro atoms. The van der Waals surface area contributed by atoms with Gasteiger partial charge in [-0.15, -0.1) is 0 Å². The minimum Gasteiger partial charge on any atom is -0.480 e. The van der Waals surface area contributed by atoms with Gasteiger partial charge in [-0.25, -0.2) is 0 Å². The van der Waals surface area contributed by atoms with Gasteiger partial charge >= 0.3 is 5.97 Å². The van der Waals surface area contributed by atoms with E-state index in [2.05, 4.69) is 28.6 Å². The molecule has 0 saturated heterocycles. The van der Waals surface area contributed by atoms with Gasteiger partial charge in [0.15, 0.2) is 0 Å². The molecule has 0 aliphatic heterocycles. The Bertz CT molecular complexity index is 558. The predicted octanol–water partition coefficient (Wildman–Crippen LogP) is -0.105. The summed E-state index contributed by atoms with van der Waals surface area (Å²) in [6.45, 7) is 8.89. The number of thiol groups is 1. The summed E-state index contributed by atoms with van der Waals surface area (Å²) in [6.07, 6.45) is 1.10. The van der Waals surface area contributed by atoms with Crippen LogP contribution in [0, 0.1) is 11.8 Å². The molecule has 0 rings (SSSR count). The quantitative estimate of drug-likeness (QED) is 0.244. The highest BCUT2D eigenvalue weighted by Crippen LogP contribution is 2.10. The third kappa shape index (κ3) is 8.92. The molecule has 0 aromatic carbocycles. The first-order valence-electron chi connectivity index (χ1n) is 9.44. The van der Waals surface area contributed by atoms with Crippen molar-refractivity contribution >= 4 is 36.3 Å². The highest BCUT2D eigenvalue weighted by molar-refractivity contribution is 7.80. The molecule has 28 heavy (non-hydrogen) atoms. The molecule has 0 heterocycles. The topological polar surface area (TPSA) is 151 Å². The Balaban J connectivity index is 5.15. The van der Waals surface area contributed by atoms with Crippen molar-refractivity contribution in [2.75, 3.05) is 5.75 Å². The van der Waals surface area contributed by atoms with Crippen molar-refractivity contribution in [3.05, 3.63) is 0 Å². The Morgan fingerprint density at radius 3 is 1.96 bits per heavy atom. The molecule has 3 amide bonds. The van der Waals surface area contributed by atoms with Crippen LogP contribution in [0.15, 0.2) is 0 Å². The van der Waals surface area contributed by atoms with Gasteiger partial charge in [0.25, 0.3) is 0 Å². The van der Waals surface area contributed by atoms with E-state index in [1.54, 1.807) is 6.92 Å². The van der Waals surface area contributed by atoms with Gasteiger partial charge in [-0.05, 0) is 25.2 Å². The maximum atomic E-state index is 12.7. The number of carbonyl (C=O) groups excluding carboxylic acids is 3. The maximum absolute atomic E-state index is 12.7. The second-order valence-corrected chi connectivity index (χ2v) is 7.79. The smallest absolute Gasteiger partial charge is 0.325 e. The molecule has 5 atom stereocenters. The average molecular weight is 419 g/mol.